The van der Waals surface area contributed by atoms with Gasteiger partial charge in [-0.3, -0.25) is 0 Å². The summed E-state index contributed by atoms with van der Waals surface area (Å²) in [5.74, 6) is 0.869. The molecule has 0 radical (unpaired) electrons. The molecular weight excluding hydrogens is 210 g/mol. The number of nitrogens with two attached hydrogens (primary N) is 1. The lowest BCUT2D eigenvalue weighted by molar-refractivity contribution is 0.135. The van der Waals surface area contributed by atoms with Crippen LogP contribution in [-0.2, 0) is 0 Å². The second-order valence-electron chi connectivity index (χ2n) is 5.40. The molecule has 3 heteroatoms. The van der Waals surface area contributed by atoms with Crippen molar-refractivity contribution in [2.75, 3.05) is 45.8 Å². The lowest BCUT2D eigenvalue weighted by atomic mass is 9.97. The van der Waals surface area contributed by atoms with Crippen molar-refractivity contribution in [2.45, 2.75) is 39.5 Å². The van der Waals surface area contributed by atoms with Crippen molar-refractivity contribution >= 4 is 0 Å². The van der Waals surface area contributed by atoms with E-state index in [1.807, 2.05) is 0 Å². The summed E-state index contributed by atoms with van der Waals surface area (Å²) in [7, 11) is 0. The Labute approximate surface area is 107 Å². The van der Waals surface area contributed by atoms with Gasteiger partial charge in [0.05, 0.1) is 0 Å². The Kier molecular flexibility index (Phi) is 7.82. The van der Waals surface area contributed by atoms with Crippen LogP contribution in [0.2, 0.25) is 0 Å². The molecular formula is C14H31N3. The summed E-state index contributed by atoms with van der Waals surface area (Å²) in [6, 6.07) is 0. The van der Waals surface area contributed by atoms with E-state index in [2.05, 4.69) is 23.6 Å². The first kappa shape index (κ1) is 14.9. The average Bonchev–Trinajstić information content (AvgIpc) is 2.30. The molecule has 1 saturated heterocycles. The molecule has 17 heavy (non-hydrogen) atoms. The number of hydrogen-bond acceptors (Lipinski definition) is 3. The van der Waals surface area contributed by atoms with E-state index in [-0.39, 0.29) is 0 Å². The summed E-state index contributed by atoms with van der Waals surface area (Å²) in [4.78, 5) is 5.20. The molecule has 0 aliphatic carbocycles. The van der Waals surface area contributed by atoms with E-state index in [9.17, 15) is 0 Å². The van der Waals surface area contributed by atoms with Gasteiger partial charge in [-0.15, -0.1) is 0 Å². The Balaban J connectivity index is 2.32. The summed E-state index contributed by atoms with van der Waals surface area (Å²) < 4.78 is 0. The van der Waals surface area contributed by atoms with Crippen LogP contribution in [0.1, 0.15) is 39.5 Å². The van der Waals surface area contributed by atoms with Crippen molar-refractivity contribution in [3.63, 3.8) is 0 Å². The number of hydrogen-bond donors (Lipinski definition) is 1. The van der Waals surface area contributed by atoms with Crippen molar-refractivity contribution in [1.82, 2.24) is 9.80 Å². The third kappa shape index (κ3) is 5.84. The summed E-state index contributed by atoms with van der Waals surface area (Å²) in [6.07, 6.45) is 5.32. The van der Waals surface area contributed by atoms with Crippen molar-refractivity contribution in [3.8, 4) is 0 Å². The van der Waals surface area contributed by atoms with E-state index in [1.54, 1.807) is 0 Å². The van der Waals surface area contributed by atoms with Gasteiger partial charge in [0, 0.05) is 26.2 Å². The third-order valence-electron chi connectivity index (χ3n) is 3.64. The van der Waals surface area contributed by atoms with Crippen LogP contribution in [0.25, 0.3) is 0 Å². The molecule has 2 N–H and O–H groups in total. The average molecular weight is 241 g/mol. The molecule has 1 fully saturated rings. The normalized spacial score (nSPS) is 22.2. The molecule has 0 aromatic carbocycles. The molecule has 1 aliphatic heterocycles. The highest BCUT2D eigenvalue weighted by Gasteiger charge is 2.20. The van der Waals surface area contributed by atoms with Crippen molar-refractivity contribution in [1.29, 1.82) is 0 Å². The number of nitrogens with zero attached hydrogens (tertiary/aromatic N) is 2. The molecule has 0 aromatic heterocycles. The molecule has 0 saturated carbocycles. The van der Waals surface area contributed by atoms with Crippen LogP contribution in [0.3, 0.4) is 0 Å². The Bertz CT molecular complexity index is 176. The standard InChI is InChI=1S/C14H31N3/c1-3-8-16(9-4-2)12-14-6-5-10-17(13-14)11-7-15/h14H,3-13,15H2,1-2H3. The summed E-state index contributed by atoms with van der Waals surface area (Å²) >= 11 is 0. The molecule has 0 amide bonds. The highest BCUT2D eigenvalue weighted by Crippen LogP contribution is 2.17. The van der Waals surface area contributed by atoms with Gasteiger partial charge in [-0.25, -0.2) is 0 Å². The second-order valence-corrected chi connectivity index (χ2v) is 5.40. The molecule has 3 nitrogen and oxygen atoms in total. The minimum absolute atomic E-state index is 0.806. The van der Waals surface area contributed by atoms with Crippen molar-refractivity contribution in [3.05, 3.63) is 0 Å². The quantitative estimate of drug-likeness (QED) is 0.703. The number of piperidine rings is 1. The molecule has 1 atom stereocenters. The molecule has 0 bridgehead atoms. The highest BCUT2D eigenvalue weighted by atomic mass is 15.2. The minimum atomic E-state index is 0.806. The third-order valence-corrected chi connectivity index (χ3v) is 3.64. The molecule has 1 rings (SSSR count). The Morgan fingerprint density at radius 1 is 1.24 bits per heavy atom. The summed E-state index contributed by atoms with van der Waals surface area (Å²) in [5, 5.41) is 0. The maximum Gasteiger partial charge on any atom is 0.0105 e. The Hall–Kier alpha value is -0.120. The first-order valence-electron chi connectivity index (χ1n) is 7.44. The van der Waals surface area contributed by atoms with E-state index >= 15 is 0 Å². The van der Waals surface area contributed by atoms with Gasteiger partial charge in [-0.1, -0.05) is 13.8 Å². The van der Waals surface area contributed by atoms with Crippen LogP contribution in [0.15, 0.2) is 0 Å². The fourth-order valence-electron chi connectivity index (χ4n) is 2.98. The zero-order chi connectivity index (χ0) is 12.5. The Morgan fingerprint density at radius 3 is 2.53 bits per heavy atom. The van der Waals surface area contributed by atoms with Crippen LogP contribution in [-0.4, -0.2) is 55.6 Å². The molecule has 0 aromatic rings. The monoisotopic (exact) mass is 241 g/mol. The van der Waals surface area contributed by atoms with Crippen molar-refractivity contribution < 1.29 is 0 Å². The molecule has 1 heterocycles. The Morgan fingerprint density at radius 2 is 1.94 bits per heavy atom. The summed E-state index contributed by atoms with van der Waals surface area (Å²) in [6.45, 7) is 12.8. The molecule has 102 valence electrons. The molecule has 1 aliphatic rings. The van der Waals surface area contributed by atoms with Gasteiger partial charge in [0.15, 0.2) is 0 Å². The first-order chi connectivity index (χ1) is 8.30. The minimum Gasteiger partial charge on any atom is -0.329 e. The van der Waals surface area contributed by atoms with Crippen molar-refractivity contribution in [2.24, 2.45) is 11.7 Å². The first-order valence-corrected chi connectivity index (χ1v) is 7.44. The predicted octanol–water partition coefficient (Wildman–Crippen LogP) is 1.78. The fraction of sp³-hybridized carbons (Fsp3) is 1.00. The maximum atomic E-state index is 5.65. The zero-order valence-corrected chi connectivity index (χ0v) is 11.8. The summed E-state index contributed by atoms with van der Waals surface area (Å²) in [5.41, 5.74) is 5.65. The van der Waals surface area contributed by atoms with Crippen LogP contribution in [0.4, 0.5) is 0 Å². The van der Waals surface area contributed by atoms with E-state index in [4.69, 9.17) is 5.73 Å². The smallest absolute Gasteiger partial charge is 0.0105 e. The van der Waals surface area contributed by atoms with Gasteiger partial charge >= 0.3 is 0 Å². The maximum absolute atomic E-state index is 5.65. The van der Waals surface area contributed by atoms with Gasteiger partial charge in [0.2, 0.25) is 0 Å². The second kappa shape index (κ2) is 8.90. The van der Waals surface area contributed by atoms with Gasteiger partial charge < -0.3 is 15.5 Å². The van der Waals surface area contributed by atoms with Gasteiger partial charge in [0.1, 0.15) is 0 Å². The fourth-order valence-corrected chi connectivity index (χ4v) is 2.98. The number of rotatable bonds is 8. The lowest BCUT2D eigenvalue weighted by Crippen LogP contribution is -2.43. The van der Waals surface area contributed by atoms with E-state index in [0.29, 0.717) is 0 Å². The van der Waals surface area contributed by atoms with E-state index in [0.717, 1.165) is 19.0 Å². The van der Waals surface area contributed by atoms with E-state index in [1.165, 1.54) is 58.4 Å². The largest absolute Gasteiger partial charge is 0.329 e. The zero-order valence-electron chi connectivity index (χ0n) is 11.8. The topological polar surface area (TPSA) is 32.5 Å². The SMILES string of the molecule is CCCN(CCC)CC1CCCN(CCN)C1. The van der Waals surface area contributed by atoms with E-state index < -0.39 is 0 Å². The lowest BCUT2D eigenvalue weighted by Gasteiger charge is -2.35. The van der Waals surface area contributed by atoms with Gasteiger partial charge in [-0.05, 0) is 51.2 Å². The number of likely N-dealkylation sites (tertiary alicyclic amines) is 1. The van der Waals surface area contributed by atoms with Crippen LogP contribution >= 0.6 is 0 Å². The van der Waals surface area contributed by atoms with Crippen LogP contribution in [0, 0.1) is 5.92 Å². The molecule has 0 spiro atoms. The van der Waals surface area contributed by atoms with Crippen LogP contribution < -0.4 is 5.73 Å². The molecule has 1 unspecified atom stereocenters. The van der Waals surface area contributed by atoms with Gasteiger partial charge in [0.25, 0.3) is 0 Å². The van der Waals surface area contributed by atoms with Gasteiger partial charge in [-0.2, -0.15) is 0 Å². The highest BCUT2D eigenvalue weighted by molar-refractivity contribution is 4.76. The van der Waals surface area contributed by atoms with Crippen LogP contribution in [0.5, 0.6) is 0 Å². The predicted molar refractivity (Wildman–Crippen MR) is 75.2 cm³/mol.